The summed E-state index contributed by atoms with van der Waals surface area (Å²) in [6.45, 7) is 1.70. The Morgan fingerprint density at radius 1 is 1.23 bits per heavy atom. The highest BCUT2D eigenvalue weighted by molar-refractivity contribution is 6.35. The summed E-state index contributed by atoms with van der Waals surface area (Å²) < 4.78 is 0. The minimum absolute atomic E-state index is 0. The Bertz CT molecular complexity index is 299. The van der Waals surface area contributed by atoms with Gasteiger partial charge >= 0.3 is 0 Å². The van der Waals surface area contributed by atoms with Crippen LogP contribution < -0.4 is 5.73 Å². The van der Waals surface area contributed by atoms with Gasteiger partial charge in [0.1, 0.15) is 0 Å². The molecule has 0 heterocycles. The molecule has 0 bridgehead atoms. The maximum absolute atomic E-state index is 5.74. The van der Waals surface area contributed by atoms with Crippen LogP contribution >= 0.6 is 35.6 Å². The van der Waals surface area contributed by atoms with E-state index in [1.54, 1.807) is 25.1 Å². The summed E-state index contributed by atoms with van der Waals surface area (Å²) >= 11 is 11.5. The second kappa shape index (κ2) is 5.32. The van der Waals surface area contributed by atoms with E-state index in [2.05, 4.69) is 4.99 Å². The molecule has 0 saturated heterocycles. The third kappa shape index (κ3) is 4.36. The molecule has 1 aromatic carbocycles. The van der Waals surface area contributed by atoms with E-state index in [1.807, 2.05) is 0 Å². The van der Waals surface area contributed by atoms with Crippen LogP contribution in [-0.4, -0.2) is 5.84 Å². The molecule has 0 aliphatic carbocycles. The highest BCUT2D eigenvalue weighted by Crippen LogP contribution is 2.24. The zero-order chi connectivity index (χ0) is 9.14. The minimum atomic E-state index is 0. The molecule has 0 fully saturated rings. The van der Waals surface area contributed by atoms with Gasteiger partial charge in [-0.05, 0) is 25.1 Å². The van der Waals surface area contributed by atoms with Gasteiger partial charge in [0, 0.05) is 10.0 Å². The van der Waals surface area contributed by atoms with Crippen LogP contribution in [0.4, 0.5) is 5.69 Å². The summed E-state index contributed by atoms with van der Waals surface area (Å²) in [5.74, 6) is 0.480. The molecule has 1 aromatic rings. The predicted octanol–water partition coefficient (Wildman–Crippen LogP) is 3.42. The molecule has 0 spiro atoms. The monoisotopic (exact) mass is 238 g/mol. The molecular formula is C8H9Cl3N2. The number of hydrogen-bond donors (Lipinski definition) is 1. The van der Waals surface area contributed by atoms with Crippen molar-refractivity contribution in [1.29, 1.82) is 0 Å². The topological polar surface area (TPSA) is 38.4 Å². The van der Waals surface area contributed by atoms with Crippen molar-refractivity contribution in [3.05, 3.63) is 28.2 Å². The molecule has 5 heteroatoms. The lowest BCUT2D eigenvalue weighted by Crippen LogP contribution is -2.03. The lowest BCUT2D eigenvalue weighted by atomic mass is 10.3. The van der Waals surface area contributed by atoms with E-state index in [0.29, 0.717) is 21.6 Å². The van der Waals surface area contributed by atoms with Gasteiger partial charge in [0.15, 0.2) is 0 Å². The maximum Gasteiger partial charge on any atom is 0.0964 e. The van der Waals surface area contributed by atoms with E-state index < -0.39 is 0 Å². The third-order valence-corrected chi connectivity index (χ3v) is 1.59. The second-order valence-corrected chi connectivity index (χ2v) is 3.25. The largest absolute Gasteiger partial charge is 0.387 e. The van der Waals surface area contributed by atoms with Crippen LogP contribution in [0.5, 0.6) is 0 Å². The average Bonchev–Trinajstić information content (AvgIpc) is 1.81. The van der Waals surface area contributed by atoms with Gasteiger partial charge in [0.2, 0.25) is 0 Å². The van der Waals surface area contributed by atoms with Gasteiger partial charge in [0.05, 0.1) is 11.5 Å². The number of rotatable bonds is 1. The summed E-state index contributed by atoms with van der Waals surface area (Å²) in [7, 11) is 0. The van der Waals surface area contributed by atoms with Crippen LogP contribution in [0.1, 0.15) is 6.92 Å². The molecule has 0 unspecified atom stereocenters. The predicted molar refractivity (Wildman–Crippen MR) is 60.7 cm³/mol. The molecule has 0 atom stereocenters. The van der Waals surface area contributed by atoms with Crippen LogP contribution in [-0.2, 0) is 0 Å². The number of nitrogens with two attached hydrogens (primary N) is 1. The first-order valence-corrected chi connectivity index (χ1v) is 4.10. The van der Waals surface area contributed by atoms with E-state index in [4.69, 9.17) is 28.9 Å². The Balaban J connectivity index is 0.00000144. The number of aliphatic imine (C=N–C) groups is 1. The molecule has 0 aromatic heterocycles. The summed E-state index contributed by atoms with van der Waals surface area (Å²) in [5.41, 5.74) is 6.06. The van der Waals surface area contributed by atoms with Gasteiger partial charge in [-0.15, -0.1) is 12.4 Å². The van der Waals surface area contributed by atoms with Crippen molar-refractivity contribution in [3.8, 4) is 0 Å². The summed E-state index contributed by atoms with van der Waals surface area (Å²) in [4.78, 5) is 4.01. The first-order chi connectivity index (χ1) is 5.58. The number of amidine groups is 1. The van der Waals surface area contributed by atoms with E-state index in [-0.39, 0.29) is 12.4 Å². The molecule has 1 rings (SSSR count). The fourth-order valence-corrected chi connectivity index (χ4v) is 1.32. The number of hydrogen-bond acceptors (Lipinski definition) is 1. The zero-order valence-corrected chi connectivity index (χ0v) is 9.25. The molecule has 0 saturated carbocycles. The van der Waals surface area contributed by atoms with Crippen molar-refractivity contribution in [3.63, 3.8) is 0 Å². The molecule has 0 aliphatic heterocycles. The van der Waals surface area contributed by atoms with Gasteiger partial charge in [-0.25, -0.2) is 4.99 Å². The highest BCUT2D eigenvalue weighted by atomic mass is 35.5. The number of halogens is 3. The second-order valence-electron chi connectivity index (χ2n) is 2.38. The molecule has 0 aliphatic rings. The zero-order valence-electron chi connectivity index (χ0n) is 6.92. The Hall–Kier alpha value is -0.440. The van der Waals surface area contributed by atoms with Gasteiger partial charge in [0.25, 0.3) is 0 Å². The highest BCUT2D eigenvalue weighted by Gasteiger charge is 1.95. The fraction of sp³-hybridized carbons (Fsp3) is 0.125. The molecule has 2 nitrogen and oxygen atoms in total. The van der Waals surface area contributed by atoms with Crippen molar-refractivity contribution < 1.29 is 0 Å². The van der Waals surface area contributed by atoms with Crippen molar-refractivity contribution >= 4 is 47.1 Å². The molecule has 72 valence electrons. The van der Waals surface area contributed by atoms with Crippen molar-refractivity contribution in [2.45, 2.75) is 6.92 Å². The smallest absolute Gasteiger partial charge is 0.0964 e. The van der Waals surface area contributed by atoms with Gasteiger partial charge in [-0.1, -0.05) is 23.2 Å². The lowest BCUT2D eigenvalue weighted by molar-refractivity contribution is 1.45. The summed E-state index contributed by atoms with van der Waals surface area (Å²) in [5, 5.41) is 1.12. The van der Waals surface area contributed by atoms with Crippen LogP contribution in [0, 0.1) is 0 Å². The first-order valence-electron chi connectivity index (χ1n) is 3.35. The van der Waals surface area contributed by atoms with Gasteiger partial charge < -0.3 is 5.73 Å². The number of nitrogens with zero attached hydrogens (tertiary/aromatic N) is 1. The van der Waals surface area contributed by atoms with E-state index in [9.17, 15) is 0 Å². The third-order valence-electron chi connectivity index (χ3n) is 1.15. The summed E-state index contributed by atoms with van der Waals surface area (Å²) in [6, 6.07) is 5.04. The molecular weight excluding hydrogens is 230 g/mol. The van der Waals surface area contributed by atoms with Crippen molar-refractivity contribution in [2.75, 3.05) is 0 Å². The lowest BCUT2D eigenvalue weighted by Gasteiger charge is -1.97. The average molecular weight is 240 g/mol. The Morgan fingerprint density at radius 2 is 1.69 bits per heavy atom. The van der Waals surface area contributed by atoms with Crippen LogP contribution in [0.2, 0.25) is 10.0 Å². The molecule has 0 radical (unpaired) electrons. The maximum atomic E-state index is 5.74. The Morgan fingerprint density at radius 3 is 2.08 bits per heavy atom. The van der Waals surface area contributed by atoms with Gasteiger partial charge in [-0.3, -0.25) is 0 Å². The summed E-state index contributed by atoms with van der Waals surface area (Å²) in [6.07, 6.45) is 0. The van der Waals surface area contributed by atoms with Crippen molar-refractivity contribution in [1.82, 2.24) is 0 Å². The van der Waals surface area contributed by atoms with Crippen LogP contribution in [0.3, 0.4) is 0 Å². The van der Waals surface area contributed by atoms with Crippen LogP contribution in [0.25, 0.3) is 0 Å². The van der Waals surface area contributed by atoms with Crippen molar-refractivity contribution in [2.24, 2.45) is 10.7 Å². The molecule has 13 heavy (non-hydrogen) atoms. The van der Waals surface area contributed by atoms with Crippen LogP contribution in [0.15, 0.2) is 23.2 Å². The normalized spacial score (nSPS) is 10.8. The van der Waals surface area contributed by atoms with E-state index in [1.165, 1.54) is 0 Å². The Labute approximate surface area is 93.2 Å². The van der Waals surface area contributed by atoms with E-state index >= 15 is 0 Å². The van der Waals surface area contributed by atoms with E-state index in [0.717, 1.165) is 0 Å². The molecule has 0 amide bonds. The standard InChI is InChI=1S/C8H8Cl2N2.ClH/c1-5(11)12-8-3-6(9)2-7(10)4-8;/h2-4H,1H3,(H2,11,12);1H. The van der Waals surface area contributed by atoms with Gasteiger partial charge in [-0.2, -0.15) is 0 Å². The quantitative estimate of drug-likeness (QED) is 0.592. The number of benzene rings is 1. The minimum Gasteiger partial charge on any atom is -0.387 e. The SMILES string of the molecule is CC(N)=Nc1cc(Cl)cc(Cl)c1.Cl. The molecule has 2 N–H and O–H groups in total. The fourth-order valence-electron chi connectivity index (χ4n) is 0.807. The Kier molecular flexibility index (Phi) is 5.14. The first kappa shape index (κ1) is 12.6.